The van der Waals surface area contributed by atoms with Gasteiger partial charge in [0.25, 0.3) is 0 Å². The lowest BCUT2D eigenvalue weighted by Gasteiger charge is -2.36. The molecule has 1 aromatic heterocycles. The first-order valence-electron chi connectivity index (χ1n) is 9.17. The van der Waals surface area contributed by atoms with Gasteiger partial charge in [-0.15, -0.1) is 0 Å². The van der Waals surface area contributed by atoms with E-state index in [0.29, 0.717) is 13.0 Å². The van der Waals surface area contributed by atoms with Gasteiger partial charge in [-0.3, -0.25) is 14.7 Å². The number of aryl methyl sites for hydroxylation is 2. The molecule has 1 amide bonds. The minimum atomic E-state index is -0.560. The molecule has 2 aromatic rings. The number of likely N-dealkylation sites (tertiary alicyclic amines) is 1. The molecule has 0 saturated carbocycles. The number of pyridine rings is 1. The van der Waals surface area contributed by atoms with Crippen molar-refractivity contribution in [3.63, 3.8) is 0 Å². The van der Waals surface area contributed by atoms with E-state index in [0.717, 1.165) is 41.9 Å². The lowest BCUT2D eigenvalue weighted by atomic mass is 9.99. The number of rotatable bonds is 5. The largest absolute Gasteiger partial charge is 0.390 e. The van der Waals surface area contributed by atoms with Gasteiger partial charge in [-0.25, -0.2) is 0 Å². The molecule has 0 bridgehead atoms. The van der Waals surface area contributed by atoms with E-state index in [1.807, 2.05) is 38.1 Å². The van der Waals surface area contributed by atoms with Crippen molar-refractivity contribution in [3.05, 3.63) is 65.0 Å². The number of nitrogens with zero attached hydrogens (tertiary/aromatic N) is 2. The molecule has 1 aromatic carbocycles. The highest BCUT2D eigenvalue weighted by Crippen LogP contribution is 2.15. The van der Waals surface area contributed by atoms with Crippen molar-refractivity contribution in [2.75, 3.05) is 13.1 Å². The monoisotopic (exact) mass is 353 g/mol. The molecule has 26 heavy (non-hydrogen) atoms. The van der Waals surface area contributed by atoms with Crippen LogP contribution >= 0.6 is 0 Å². The number of nitrogens with one attached hydrogen (secondary N) is 1. The van der Waals surface area contributed by atoms with E-state index in [9.17, 15) is 9.90 Å². The fourth-order valence-electron chi connectivity index (χ4n) is 3.45. The van der Waals surface area contributed by atoms with Crippen molar-refractivity contribution in [1.29, 1.82) is 0 Å². The van der Waals surface area contributed by atoms with Gasteiger partial charge in [-0.1, -0.05) is 29.8 Å². The van der Waals surface area contributed by atoms with E-state index in [4.69, 9.17) is 0 Å². The van der Waals surface area contributed by atoms with Gasteiger partial charge in [0, 0.05) is 25.8 Å². The Labute approximate surface area is 155 Å². The number of benzene rings is 1. The maximum Gasteiger partial charge on any atom is 0.224 e. The number of aliphatic hydroxyl groups is 1. The van der Waals surface area contributed by atoms with Gasteiger partial charge < -0.3 is 10.4 Å². The normalized spacial score (nSPS) is 20.7. The fraction of sp³-hybridized carbons (Fsp3) is 0.429. The number of amides is 1. The first kappa shape index (κ1) is 18.5. The quantitative estimate of drug-likeness (QED) is 0.863. The molecule has 1 aliphatic heterocycles. The SMILES string of the molecule is Cc1ccc(C)c(CC(=O)N[C@@H]2CCN(Cc3ccccn3)C[C@H]2O)c1. The summed E-state index contributed by atoms with van der Waals surface area (Å²) in [5.74, 6) is -0.0269. The summed E-state index contributed by atoms with van der Waals surface area (Å²) in [5.41, 5.74) is 4.32. The van der Waals surface area contributed by atoms with Crippen LogP contribution in [-0.2, 0) is 17.8 Å². The van der Waals surface area contributed by atoms with Crippen molar-refractivity contribution >= 4 is 5.91 Å². The second-order valence-corrected chi connectivity index (χ2v) is 7.19. The van der Waals surface area contributed by atoms with Crippen LogP contribution in [0.25, 0.3) is 0 Å². The molecule has 1 aliphatic rings. The van der Waals surface area contributed by atoms with Crippen LogP contribution in [0.1, 0.15) is 28.8 Å². The number of hydrogen-bond donors (Lipinski definition) is 2. The summed E-state index contributed by atoms with van der Waals surface area (Å²) >= 11 is 0. The Morgan fingerprint density at radius 1 is 1.31 bits per heavy atom. The van der Waals surface area contributed by atoms with Gasteiger partial charge in [-0.2, -0.15) is 0 Å². The van der Waals surface area contributed by atoms with Crippen LogP contribution in [0.2, 0.25) is 0 Å². The van der Waals surface area contributed by atoms with E-state index in [1.165, 1.54) is 0 Å². The fourth-order valence-corrected chi connectivity index (χ4v) is 3.45. The summed E-state index contributed by atoms with van der Waals surface area (Å²) < 4.78 is 0. The summed E-state index contributed by atoms with van der Waals surface area (Å²) in [5, 5.41) is 13.5. The summed E-state index contributed by atoms with van der Waals surface area (Å²) in [6.07, 6.45) is 2.32. The van der Waals surface area contributed by atoms with Gasteiger partial charge in [0.15, 0.2) is 0 Å². The van der Waals surface area contributed by atoms with E-state index in [2.05, 4.69) is 27.3 Å². The van der Waals surface area contributed by atoms with Crippen molar-refractivity contribution in [2.45, 2.75) is 45.4 Å². The van der Waals surface area contributed by atoms with E-state index < -0.39 is 6.10 Å². The van der Waals surface area contributed by atoms with Crippen molar-refractivity contribution < 1.29 is 9.90 Å². The third-order valence-corrected chi connectivity index (χ3v) is 4.98. The Balaban J connectivity index is 1.51. The van der Waals surface area contributed by atoms with Gasteiger partial charge >= 0.3 is 0 Å². The smallest absolute Gasteiger partial charge is 0.224 e. The zero-order chi connectivity index (χ0) is 18.5. The second kappa shape index (κ2) is 8.43. The molecule has 0 spiro atoms. The predicted molar refractivity (Wildman–Crippen MR) is 102 cm³/mol. The van der Waals surface area contributed by atoms with Gasteiger partial charge in [-0.05, 0) is 43.5 Å². The Hall–Kier alpha value is -2.24. The first-order valence-corrected chi connectivity index (χ1v) is 9.17. The number of piperidine rings is 1. The van der Waals surface area contributed by atoms with Crippen molar-refractivity contribution in [1.82, 2.24) is 15.2 Å². The molecule has 138 valence electrons. The molecule has 3 rings (SSSR count). The van der Waals surface area contributed by atoms with Crippen LogP contribution in [0.3, 0.4) is 0 Å². The molecule has 5 heteroatoms. The maximum absolute atomic E-state index is 12.4. The third kappa shape index (κ3) is 4.90. The summed E-state index contributed by atoms with van der Waals surface area (Å²) in [7, 11) is 0. The number of hydrogen-bond acceptors (Lipinski definition) is 4. The van der Waals surface area contributed by atoms with Crippen LogP contribution in [-0.4, -0.2) is 46.1 Å². The lowest BCUT2D eigenvalue weighted by molar-refractivity contribution is -0.122. The molecule has 2 atom stereocenters. The molecule has 2 heterocycles. The average Bonchev–Trinajstić information content (AvgIpc) is 2.61. The molecule has 0 radical (unpaired) electrons. The summed E-state index contributed by atoms with van der Waals surface area (Å²) in [4.78, 5) is 18.9. The van der Waals surface area contributed by atoms with Gasteiger partial charge in [0.1, 0.15) is 0 Å². The van der Waals surface area contributed by atoms with E-state index in [-0.39, 0.29) is 11.9 Å². The topological polar surface area (TPSA) is 65.5 Å². The van der Waals surface area contributed by atoms with Gasteiger partial charge in [0.2, 0.25) is 5.91 Å². The Bertz CT molecular complexity index is 748. The van der Waals surface area contributed by atoms with Crippen LogP contribution in [0.15, 0.2) is 42.6 Å². The number of aliphatic hydroxyl groups excluding tert-OH is 1. The number of β-amino-alcohol motifs (C(OH)–C–C–N with tert-alkyl or cyclic N) is 1. The highest BCUT2D eigenvalue weighted by atomic mass is 16.3. The molecule has 1 saturated heterocycles. The summed E-state index contributed by atoms with van der Waals surface area (Å²) in [6, 6.07) is 11.8. The van der Waals surface area contributed by atoms with E-state index >= 15 is 0 Å². The van der Waals surface area contributed by atoms with Crippen molar-refractivity contribution in [3.8, 4) is 0 Å². The van der Waals surface area contributed by atoms with Crippen LogP contribution < -0.4 is 5.32 Å². The van der Waals surface area contributed by atoms with Gasteiger partial charge in [0.05, 0.1) is 24.3 Å². The number of carbonyl (C=O) groups is 1. The first-order chi connectivity index (χ1) is 12.5. The predicted octanol–water partition coefficient (Wildman–Crippen LogP) is 1.99. The Kier molecular flexibility index (Phi) is 6.01. The van der Waals surface area contributed by atoms with Crippen LogP contribution in [0.5, 0.6) is 0 Å². The highest BCUT2D eigenvalue weighted by Gasteiger charge is 2.29. The van der Waals surface area contributed by atoms with Crippen LogP contribution in [0, 0.1) is 13.8 Å². The average molecular weight is 353 g/mol. The highest BCUT2D eigenvalue weighted by molar-refractivity contribution is 5.79. The lowest BCUT2D eigenvalue weighted by Crippen LogP contribution is -2.54. The molecule has 0 aliphatic carbocycles. The Morgan fingerprint density at radius 3 is 2.88 bits per heavy atom. The second-order valence-electron chi connectivity index (χ2n) is 7.19. The minimum absolute atomic E-state index is 0.0269. The zero-order valence-electron chi connectivity index (χ0n) is 15.5. The molecule has 5 nitrogen and oxygen atoms in total. The van der Waals surface area contributed by atoms with Crippen LogP contribution in [0.4, 0.5) is 0 Å². The van der Waals surface area contributed by atoms with E-state index in [1.54, 1.807) is 6.20 Å². The molecule has 0 unspecified atom stereocenters. The molecule has 1 fully saturated rings. The maximum atomic E-state index is 12.4. The van der Waals surface area contributed by atoms with Crippen molar-refractivity contribution in [2.24, 2.45) is 0 Å². The zero-order valence-corrected chi connectivity index (χ0v) is 15.5. The molecule has 2 N–H and O–H groups in total. The number of carbonyl (C=O) groups excluding carboxylic acids is 1. The minimum Gasteiger partial charge on any atom is -0.390 e. The summed E-state index contributed by atoms with van der Waals surface area (Å²) in [6.45, 7) is 6.16. The molecular formula is C21H27N3O2. The third-order valence-electron chi connectivity index (χ3n) is 4.98. The standard InChI is InChI=1S/C21H27N3O2/c1-15-6-7-16(2)17(11-15)12-21(26)23-19-8-10-24(14-20(19)25)13-18-5-3-4-9-22-18/h3-7,9,11,19-20,25H,8,10,12-14H2,1-2H3,(H,23,26)/t19-,20-/m1/s1. The number of aromatic nitrogens is 1. The Morgan fingerprint density at radius 2 is 2.15 bits per heavy atom. The molecular weight excluding hydrogens is 326 g/mol.